The van der Waals surface area contributed by atoms with E-state index < -0.39 is 97.5 Å². The molecule has 6 unspecified atom stereocenters. The number of unbranched alkanes of at least 4 members (excludes halogenated alkanes) is 22. The second-order valence-electron chi connectivity index (χ2n) is 23.6. The van der Waals surface area contributed by atoms with Crippen molar-refractivity contribution in [2.24, 2.45) is 23.7 Å². The van der Waals surface area contributed by atoms with Crippen LogP contribution in [0.5, 0.6) is 0 Å². The number of carbonyl (C=O) groups excluding carboxylic acids is 4. The Morgan fingerprint density at radius 2 is 0.593 bits per heavy atom. The normalized spacial score (nSPS) is 15.5. The molecule has 480 valence electrons. The molecule has 3 N–H and O–H groups in total. The van der Waals surface area contributed by atoms with Gasteiger partial charge in [-0.2, -0.15) is 0 Å². The van der Waals surface area contributed by atoms with Gasteiger partial charge in [-0.15, -0.1) is 0 Å². The number of phosphoric ester groups is 2. The van der Waals surface area contributed by atoms with Crippen LogP contribution in [0.25, 0.3) is 0 Å². The first kappa shape index (κ1) is 79.1. The van der Waals surface area contributed by atoms with Gasteiger partial charge in [0.25, 0.3) is 0 Å². The molecule has 0 heterocycles. The monoisotopic (exact) mass is 1200 g/mol. The molecule has 0 aromatic carbocycles. The first-order valence-corrected chi connectivity index (χ1v) is 35.3. The van der Waals surface area contributed by atoms with Gasteiger partial charge in [-0.3, -0.25) is 37.3 Å². The van der Waals surface area contributed by atoms with E-state index in [1.165, 1.54) is 89.9 Å². The molecule has 0 rings (SSSR count). The van der Waals surface area contributed by atoms with Crippen molar-refractivity contribution in [1.29, 1.82) is 0 Å². The van der Waals surface area contributed by atoms with Crippen LogP contribution in [0.4, 0.5) is 0 Å². The summed E-state index contributed by atoms with van der Waals surface area (Å²) in [6.07, 6.45) is 30.9. The Balaban J connectivity index is 5.27. The lowest BCUT2D eigenvalue weighted by molar-refractivity contribution is -0.161. The molecule has 17 nitrogen and oxygen atoms in total. The Morgan fingerprint density at radius 1 is 0.346 bits per heavy atom. The summed E-state index contributed by atoms with van der Waals surface area (Å²) in [4.78, 5) is 72.1. The number of esters is 4. The Kier molecular flexibility index (Phi) is 51.1. The second-order valence-corrected chi connectivity index (χ2v) is 26.6. The maximum absolute atomic E-state index is 12.9. The Hall–Kier alpha value is -1.94. The average Bonchev–Trinajstić information content (AvgIpc) is 3.43. The van der Waals surface area contributed by atoms with E-state index in [0.29, 0.717) is 25.7 Å². The summed E-state index contributed by atoms with van der Waals surface area (Å²) in [5.41, 5.74) is 0. The van der Waals surface area contributed by atoms with E-state index in [1.807, 2.05) is 0 Å². The quantitative estimate of drug-likeness (QED) is 0.0222. The van der Waals surface area contributed by atoms with Crippen LogP contribution in [0.1, 0.15) is 293 Å². The third kappa shape index (κ3) is 53.3. The zero-order valence-corrected chi connectivity index (χ0v) is 54.2. The minimum absolute atomic E-state index is 0.101. The van der Waals surface area contributed by atoms with Crippen molar-refractivity contribution in [3.8, 4) is 0 Å². The van der Waals surface area contributed by atoms with Gasteiger partial charge in [0.2, 0.25) is 0 Å². The van der Waals surface area contributed by atoms with Crippen LogP contribution in [0.15, 0.2) is 0 Å². The van der Waals surface area contributed by atoms with E-state index in [4.69, 9.17) is 37.0 Å². The summed E-state index contributed by atoms with van der Waals surface area (Å²) in [5, 5.41) is 10.5. The highest BCUT2D eigenvalue weighted by molar-refractivity contribution is 7.47. The predicted molar refractivity (Wildman–Crippen MR) is 321 cm³/mol. The molecule has 0 aliphatic carbocycles. The summed E-state index contributed by atoms with van der Waals surface area (Å²) in [7, 11) is -9.89. The molecule has 8 atom stereocenters. The van der Waals surface area contributed by atoms with Gasteiger partial charge in [-0.25, -0.2) is 9.13 Å². The second kappa shape index (κ2) is 52.4. The average molecular weight is 1200 g/mol. The smallest absolute Gasteiger partial charge is 0.462 e. The number of aliphatic hydroxyl groups is 1. The number of phosphoric acid groups is 2. The van der Waals surface area contributed by atoms with E-state index in [-0.39, 0.29) is 25.7 Å². The maximum atomic E-state index is 12.9. The van der Waals surface area contributed by atoms with Gasteiger partial charge in [0, 0.05) is 25.7 Å². The molecular formula is C62H120O17P2. The van der Waals surface area contributed by atoms with Gasteiger partial charge >= 0.3 is 39.5 Å². The van der Waals surface area contributed by atoms with Crippen LogP contribution in [0.3, 0.4) is 0 Å². The molecule has 0 aromatic heterocycles. The Morgan fingerprint density at radius 3 is 0.877 bits per heavy atom. The Bertz CT molecular complexity index is 1630. The topological polar surface area (TPSA) is 237 Å². The molecule has 0 aromatic rings. The first-order valence-electron chi connectivity index (χ1n) is 32.3. The molecule has 0 aliphatic heterocycles. The highest BCUT2D eigenvalue weighted by Crippen LogP contribution is 2.45. The van der Waals surface area contributed by atoms with E-state index >= 15 is 0 Å². The largest absolute Gasteiger partial charge is 0.472 e. The van der Waals surface area contributed by atoms with Gasteiger partial charge in [-0.05, 0) is 49.4 Å². The van der Waals surface area contributed by atoms with E-state index in [2.05, 4.69) is 55.4 Å². The molecule has 0 radical (unpaired) electrons. The van der Waals surface area contributed by atoms with Crippen molar-refractivity contribution >= 4 is 39.5 Å². The molecule has 81 heavy (non-hydrogen) atoms. The first-order chi connectivity index (χ1) is 38.7. The van der Waals surface area contributed by atoms with E-state index in [9.17, 15) is 43.2 Å². The van der Waals surface area contributed by atoms with E-state index in [0.717, 1.165) is 120 Å². The predicted octanol–water partition coefficient (Wildman–Crippen LogP) is 16.6. The molecule has 0 saturated carbocycles. The molecule has 0 amide bonds. The summed E-state index contributed by atoms with van der Waals surface area (Å²) in [5.74, 6) is 0.750. The van der Waals surface area contributed by atoms with Gasteiger partial charge in [-0.1, -0.05) is 242 Å². The van der Waals surface area contributed by atoms with Crippen LogP contribution in [0.2, 0.25) is 0 Å². The fourth-order valence-electron chi connectivity index (χ4n) is 8.98. The highest BCUT2D eigenvalue weighted by atomic mass is 31.2. The van der Waals surface area contributed by atoms with Crippen LogP contribution in [-0.4, -0.2) is 96.7 Å². The van der Waals surface area contributed by atoms with Crippen molar-refractivity contribution in [2.75, 3.05) is 39.6 Å². The van der Waals surface area contributed by atoms with E-state index in [1.54, 1.807) is 0 Å². The standard InChI is InChI=1S/C62H120O17P2/c1-9-53(6)39-31-23-16-19-27-35-43-60(65)73-49-58(79-62(67)45-37-29-21-18-25-33-41-55(8)11-3)51-77-81(70,71)75-47-56(63)46-74-80(68,69)76-50-57(78-61(66)44-36-28-20-17-24-32-40-54(7)10-2)48-72-59(64)42-34-26-15-13-12-14-22-30-38-52(4)5/h52-58,63H,9-51H2,1-8H3,(H,68,69)(H,70,71)/t53?,54?,55?,56?,57-,58-/m1/s1. The van der Waals surface area contributed by atoms with Crippen LogP contribution < -0.4 is 0 Å². The third-order valence-electron chi connectivity index (χ3n) is 15.2. The number of carbonyl (C=O) groups is 4. The number of hydrogen-bond donors (Lipinski definition) is 3. The lowest BCUT2D eigenvalue weighted by Crippen LogP contribution is -2.30. The van der Waals surface area contributed by atoms with Crippen LogP contribution >= 0.6 is 15.6 Å². The number of aliphatic hydroxyl groups excluding tert-OH is 1. The molecular weight excluding hydrogens is 1080 g/mol. The summed E-state index contributed by atoms with van der Waals surface area (Å²) in [6.45, 7) is 13.9. The lowest BCUT2D eigenvalue weighted by Gasteiger charge is -2.21. The summed E-state index contributed by atoms with van der Waals surface area (Å²) >= 11 is 0. The molecule has 0 spiro atoms. The highest BCUT2D eigenvalue weighted by Gasteiger charge is 2.30. The fraction of sp³-hybridized carbons (Fsp3) is 0.935. The van der Waals surface area contributed by atoms with Crippen LogP contribution in [-0.2, 0) is 65.4 Å². The Labute approximate surface area is 492 Å². The zero-order chi connectivity index (χ0) is 60.4. The van der Waals surface area contributed by atoms with Gasteiger partial charge in [0.05, 0.1) is 26.4 Å². The summed E-state index contributed by atoms with van der Waals surface area (Å²) < 4.78 is 67.9. The van der Waals surface area contributed by atoms with Gasteiger partial charge < -0.3 is 33.8 Å². The van der Waals surface area contributed by atoms with Crippen LogP contribution in [0, 0.1) is 23.7 Å². The van der Waals surface area contributed by atoms with Crippen molar-refractivity contribution < 1.29 is 80.2 Å². The fourth-order valence-corrected chi connectivity index (χ4v) is 10.6. The molecule has 0 fully saturated rings. The zero-order valence-electron chi connectivity index (χ0n) is 52.4. The number of hydrogen-bond acceptors (Lipinski definition) is 15. The molecule has 19 heteroatoms. The minimum Gasteiger partial charge on any atom is -0.462 e. The number of rotatable bonds is 59. The molecule has 0 bridgehead atoms. The van der Waals surface area contributed by atoms with Gasteiger partial charge in [0.1, 0.15) is 19.3 Å². The third-order valence-corrected chi connectivity index (χ3v) is 17.1. The van der Waals surface area contributed by atoms with Crippen molar-refractivity contribution in [3.05, 3.63) is 0 Å². The minimum atomic E-state index is -4.94. The van der Waals surface area contributed by atoms with Gasteiger partial charge in [0.15, 0.2) is 12.2 Å². The molecule has 0 aliphatic rings. The van der Waals surface area contributed by atoms with Crippen molar-refractivity contribution in [1.82, 2.24) is 0 Å². The maximum Gasteiger partial charge on any atom is 0.472 e. The summed E-state index contributed by atoms with van der Waals surface area (Å²) in [6, 6.07) is 0. The lowest BCUT2D eigenvalue weighted by atomic mass is 10.00. The van der Waals surface area contributed by atoms with Crippen molar-refractivity contribution in [3.63, 3.8) is 0 Å². The SMILES string of the molecule is CCC(C)CCCCCCCCC(=O)OC[C@H](COP(=O)(O)OCC(O)COP(=O)(O)OC[C@@H](COC(=O)CCCCCCCCCCC(C)C)OC(=O)CCCCCCCCC(C)CC)OC(=O)CCCCCCCCC(C)CC. The number of ether oxygens (including phenoxy) is 4. The molecule has 0 saturated heterocycles. The van der Waals surface area contributed by atoms with Crippen molar-refractivity contribution in [2.45, 2.75) is 311 Å².